The molecule has 1 aliphatic carbocycles. The van der Waals surface area contributed by atoms with Gasteiger partial charge in [0.15, 0.2) is 5.69 Å². The number of benzene rings is 1. The van der Waals surface area contributed by atoms with Gasteiger partial charge in [-0.15, -0.1) is 0 Å². The summed E-state index contributed by atoms with van der Waals surface area (Å²) in [5, 5.41) is 2.65. The predicted molar refractivity (Wildman–Crippen MR) is 160 cm³/mol. The Balaban J connectivity index is 1.09. The average Bonchev–Trinajstić information content (AvgIpc) is 3.37. The monoisotopic (exact) mass is 618 g/mol. The highest BCUT2D eigenvalue weighted by atomic mass is 19.3. The second kappa shape index (κ2) is 13.0. The molecule has 3 heterocycles. The van der Waals surface area contributed by atoms with Crippen molar-refractivity contribution in [3.8, 4) is 5.75 Å². The Morgan fingerprint density at radius 1 is 1.27 bits per heavy atom. The first kappa shape index (κ1) is 32.1. The number of nitrogens with one attached hydrogen (secondary N) is 2. The maximum absolute atomic E-state index is 15.1. The summed E-state index contributed by atoms with van der Waals surface area (Å²) < 4.78 is 46.8. The van der Waals surface area contributed by atoms with Gasteiger partial charge in [-0.3, -0.25) is 9.59 Å². The number of halogens is 2. The van der Waals surface area contributed by atoms with Gasteiger partial charge in [-0.05, 0) is 76.3 Å². The first-order valence-corrected chi connectivity index (χ1v) is 15.8. The number of ether oxygens (including phenoxy) is 3. The fourth-order valence-electron chi connectivity index (χ4n) is 7.21. The van der Waals surface area contributed by atoms with Crippen LogP contribution in [0.1, 0.15) is 84.3 Å². The third kappa shape index (κ3) is 6.84. The summed E-state index contributed by atoms with van der Waals surface area (Å²) in [5.74, 6) is -2.63. The van der Waals surface area contributed by atoms with Crippen LogP contribution in [0.5, 0.6) is 5.75 Å². The molecule has 1 aromatic carbocycles. The van der Waals surface area contributed by atoms with Gasteiger partial charge in [-0.1, -0.05) is 19.8 Å². The molecule has 10 nitrogen and oxygen atoms in total. The van der Waals surface area contributed by atoms with E-state index in [-0.39, 0.29) is 48.6 Å². The number of carbonyl (C=O) groups is 2. The maximum Gasteiger partial charge on any atom is 0.408 e. The lowest BCUT2D eigenvalue weighted by Crippen LogP contribution is -2.47. The van der Waals surface area contributed by atoms with Crippen LogP contribution in [-0.4, -0.2) is 70.9 Å². The van der Waals surface area contributed by atoms with Crippen LogP contribution in [0.2, 0.25) is 0 Å². The molecule has 0 spiro atoms. The van der Waals surface area contributed by atoms with E-state index >= 15 is 8.78 Å². The molecule has 242 valence electrons. The molecule has 0 bridgehead atoms. The number of H-pyrrole nitrogens is 1. The highest BCUT2D eigenvalue weighted by molar-refractivity contribution is 5.83. The number of hydrogen-bond donors (Lipinski definition) is 2. The van der Waals surface area contributed by atoms with Gasteiger partial charge in [0.05, 0.1) is 30.3 Å². The largest absolute Gasteiger partial charge is 0.497 e. The Kier molecular flexibility index (Phi) is 9.48. The van der Waals surface area contributed by atoms with Gasteiger partial charge < -0.3 is 29.4 Å². The van der Waals surface area contributed by atoms with Crippen LogP contribution in [0.15, 0.2) is 23.0 Å². The topological polar surface area (TPSA) is 126 Å². The zero-order valence-electron chi connectivity index (χ0n) is 26.0. The summed E-state index contributed by atoms with van der Waals surface area (Å²) in [7, 11) is 1.48. The fraction of sp³-hybridized carbons (Fsp3) is 0.688. The number of aromatic amines is 1. The number of nitrogens with zero attached hydrogens (tertiary/aromatic N) is 2. The summed E-state index contributed by atoms with van der Waals surface area (Å²) in [6.45, 7) is 6.53. The molecule has 5 rings (SSSR count). The van der Waals surface area contributed by atoms with Crippen molar-refractivity contribution in [3.05, 3.63) is 34.2 Å². The van der Waals surface area contributed by atoms with Crippen molar-refractivity contribution in [1.29, 1.82) is 0 Å². The van der Waals surface area contributed by atoms with Crippen LogP contribution < -0.4 is 15.6 Å². The van der Waals surface area contributed by atoms with E-state index in [1.54, 1.807) is 12.1 Å². The SMILES string of the molecule is CC[C@@H]1CCN(C(=O)CNC(=O)OC2(C)CCC[C@H]2CCCCC(F)(F)c2nc3ccc(OC)cc3[nH]c2=O)[C@@H]1C1O[C@@H]1C. The molecule has 2 amide bonds. The molecule has 2 saturated heterocycles. The first-order chi connectivity index (χ1) is 21.0. The minimum Gasteiger partial charge on any atom is -0.497 e. The minimum absolute atomic E-state index is 0.0107. The number of hydrogen-bond acceptors (Lipinski definition) is 7. The molecule has 0 radical (unpaired) electrons. The summed E-state index contributed by atoms with van der Waals surface area (Å²) in [6.07, 6.45) is 4.58. The van der Waals surface area contributed by atoms with Crippen molar-refractivity contribution in [2.45, 2.75) is 108 Å². The predicted octanol–water partition coefficient (Wildman–Crippen LogP) is 5.28. The summed E-state index contributed by atoms with van der Waals surface area (Å²) in [4.78, 5) is 46.5. The lowest BCUT2D eigenvalue weighted by molar-refractivity contribution is -0.131. The third-order valence-corrected chi connectivity index (χ3v) is 9.86. The number of rotatable bonds is 12. The molecule has 1 saturated carbocycles. The van der Waals surface area contributed by atoms with E-state index in [0.29, 0.717) is 43.0 Å². The standard InChI is InChI=1S/C32H44F2N4O6/c1-5-20-13-16-38(26(20)27-19(2)43-27)25(39)18-35-30(41)44-31(3)14-8-10-21(31)9-6-7-15-32(33,34)28-29(40)37-24-17-22(42-4)11-12-23(24)36-28/h11-12,17,19-21,26-27H,5-10,13-16,18H2,1-4H3,(H,35,41)(H,37,40)/t19-,20-,21-,26+,27?,31?/m1/s1. The van der Waals surface area contributed by atoms with Crippen LogP contribution in [0.3, 0.4) is 0 Å². The molecule has 3 fully saturated rings. The Hall–Kier alpha value is -3.28. The second-order valence-electron chi connectivity index (χ2n) is 12.7. The number of amides is 2. The van der Waals surface area contributed by atoms with E-state index in [1.807, 2.05) is 18.7 Å². The number of alkyl halides is 2. The average molecular weight is 619 g/mol. The summed E-state index contributed by atoms with van der Waals surface area (Å²) in [5.41, 5.74) is -1.86. The van der Waals surface area contributed by atoms with Gasteiger partial charge in [-0.2, -0.15) is 8.78 Å². The number of likely N-dealkylation sites (tertiary alicyclic amines) is 1. The Bertz CT molecular complexity index is 1420. The molecule has 6 atom stereocenters. The molecule has 2 unspecified atom stereocenters. The molecule has 3 aliphatic rings. The molecule has 1 aromatic heterocycles. The Morgan fingerprint density at radius 3 is 2.75 bits per heavy atom. The number of fused-ring (bicyclic) bond motifs is 1. The molecular formula is C32H44F2N4O6. The van der Waals surface area contributed by atoms with Gasteiger partial charge in [0.2, 0.25) is 5.91 Å². The highest BCUT2D eigenvalue weighted by Gasteiger charge is 2.51. The number of carbonyl (C=O) groups excluding carboxylic acids is 2. The third-order valence-electron chi connectivity index (χ3n) is 9.86. The van der Waals surface area contributed by atoms with Crippen molar-refractivity contribution < 1.29 is 32.6 Å². The van der Waals surface area contributed by atoms with E-state index in [0.717, 1.165) is 25.7 Å². The van der Waals surface area contributed by atoms with Crippen molar-refractivity contribution in [3.63, 3.8) is 0 Å². The van der Waals surface area contributed by atoms with E-state index in [2.05, 4.69) is 22.2 Å². The van der Waals surface area contributed by atoms with Crippen molar-refractivity contribution in [2.24, 2.45) is 11.8 Å². The second-order valence-corrected chi connectivity index (χ2v) is 12.7. The Morgan fingerprint density at radius 2 is 2.05 bits per heavy atom. The molecule has 44 heavy (non-hydrogen) atoms. The molecule has 2 N–H and O–H groups in total. The lowest BCUT2D eigenvalue weighted by atomic mass is 9.87. The molecular weight excluding hydrogens is 574 g/mol. The van der Waals surface area contributed by atoms with Crippen molar-refractivity contribution >= 4 is 23.0 Å². The maximum atomic E-state index is 15.1. The van der Waals surface area contributed by atoms with Crippen LogP contribution in [0.4, 0.5) is 13.6 Å². The van der Waals surface area contributed by atoms with E-state index < -0.39 is 35.3 Å². The molecule has 2 aromatic rings. The van der Waals surface area contributed by atoms with Gasteiger partial charge in [-0.25, -0.2) is 9.78 Å². The van der Waals surface area contributed by atoms with Gasteiger partial charge >= 0.3 is 6.09 Å². The number of unbranched alkanes of at least 4 members (excludes halogenated alkanes) is 1. The lowest BCUT2D eigenvalue weighted by Gasteiger charge is -2.32. The van der Waals surface area contributed by atoms with E-state index in [1.165, 1.54) is 13.2 Å². The normalized spacial score (nSPS) is 28.3. The zero-order chi connectivity index (χ0) is 31.6. The van der Waals surface area contributed by atoms with Crippen LogP contribution in [0, 0.1) is 11.8 Å². The van der Waals surface area contributed by atoms with Gasteiger partial charge in [0, 0.05) is 19.0 Å². The van der Waals surface area contributed by atoms with Gasteiger partial charge in [0.25, 0.3) is 11.5 Å². The van der Waals surface area contributed by atoms with Crippen LogP contribution in [0.25, 0.3) is 11.0 Å². The fourth-order valence-corrected chi connectivity index (χ4v) is 7.21. The van der Waals surface area contributed by atoms with E-state index in [4.69, 9.17) is 14.2 Å². The van der Waals surface area contributed by atoms with Crippen LogP contribution in [-0.2, 0) is 20.2 Å². The minimum atomic E-state index is -3.39. The smallest absolute Gasteiger partial charge is 0.408 e. The number of epoxide rings is 1. The summed E-state index contributed by atoms with van der Waals surface area (Å²) >= 11 is 0. The van der Waals surface area contributed by atoms with Crippen molar-refractivity contribution in [1.82, 2.24) is 20.2 Å². The zero-order valence-corrected chi connectivity index (χ0v) is 26.0. The van der Waals surface area contributed by atoms with Crippen molar-refractivity contribution in [2.75, 3.05) is 20.2 Å². The quantitative estimate of drug-likeness (QED) is 0.245. The number of aromatic nitrogens is 2. The number of methoxy groups -OCH3 is 1. The first-order valence-electron chi connectivity index (χ1n) is 15.8. The van der Waals surface area contributed by atoms with Crippen LogP contribution >= 0.6 is 0 Å². The highest BCUT2D eigenvalue weighted by Crippen LogP contribution is 2.42. The summed E-state index contributed by atoms with van der Waals surface area (Å²) in [6, 6.07) is 4.72. The Labute approximate surface area is 256 Å². The molecule has 12 heteroatoms. The van der Waals surface area contributed by atoms with E-state index in [9.17, 15) is 14.4 Å². The van der Waals surface area contributed by atoms with Gasteiger partial charge in [0.1, 0.15) is 24.0 Å². The molecule has 2 aliphatic heterocycles. The number of alkyl carbamates (subject to hydrolysis) is 1.